The standard InChI is InChI=1S/C22H17BrN4O4/c1-13-8-16(14(2)26(13)18-4-3-5-19(11-18)27(29)30)12-24-25-22(28)21-10-15-9-17(23)6-7-20(15)31-21/h3-12H,1-2H3,(H,25,28)/b24-12-. The number of carbonyl (C=O) groups is 1. The minimum absolute atomic E-state index is 0.0188. The first-order chi connectivity index (χ1) is 14.8. The zero-order valence-electron chi connectivity index (χ0n) is 16.6. The zero-order chi connectivity index (χ0) is 22.1. The number of fused-ring (bicyclic) bond motifs is 1. The third kappa shape index (κ3) is 4.13. The van der Waals surface area contributed by atoms with Crippen LogP contribution in [0.15, 0.2) is 68.6 Å². The van der Waals surface area contributed by atoms with Crippen LogP contribution in [0, 0.1) is 24.0 Å². The number of nitro groups is 1. The van der Waals surface area contributed by atoms with Crippen LogP contribution in [-0.4, -0.2) is 21.6 Å². The maximum atomic E-state index is 12.4. The minimum Gasteiger partial charge on any atom is -0.451 e. The second-order valence-electron chi connectivity index (χ2n) is 6.93. The maximum Gasteiger partial charge on any atom is 0.307 e. The van der Waals surface area contributed by atoms with Crippen molar-refractivity contribution in [2.45, 2.75) is 13.8 Å². The number of non-ortho nitro benzene ring substituents is 1. The molecule has 9 heteroatoms. The number of furan rings is 1. The van der Waals surface area contributed by atoms with Gasteiger partial charge in [-0.1, -0.05) is 22.0 Å². The van der Waals surface area contributed by atoms with Gasteiger partial charge in [-0.15, -0.1) is 0 Å². The number of hydrogen-bond donors (Lipinski definition) is 1. The Morgan fingerprint density at radius 3 is 2.77 bits per heavy atom. The normalized spacial score (nSPS) is 11.3. The first kappa shape index (κ1) is 20.5. The van der Waals surface area contributed by atoms with Gasteiger partial charge in [-0.2, -0.15) is 5.10 Å². The first-order valence-electron chi connectivity index (χ1n) is 9.30. The summed E-state index contributed by atoms with van der Waals surface area (Å²) in [5.41, 5.74) is 6.28. The van der Waals surface area contributed by atoms with Gasteiger partial charge >= 0.3 is 5.91 Å². The Morgan fingerprint density at radius 1 is 1.19 bits per heavy atom. The van der Waals surface area contributed by atoms with Crippen molar-refractivity contribution in [1.82, 2.24) is 9.99 Å². The highest BCUT2D eigenvalue weighted by atomic mass is 79.9. The van der Waals surface area contributed by atoms with Gasteiger partial charge in [-0.3, -0.25) is 14.9 Å². The van der Waals surface area contributed by atoms with Crippen molar-refractivity contribution in [3.8, 4) is 5.69 Å². The average Bonchev–Trinajstić information content (AvgIpc) is 3.28. The molecule has 2 heterocycles. The van der Waals surface area contributed by atoms with Crippen LogP contribution in [0.3, 0.4) is 0 Å². The SMILES string of the molecule is Cc1cc(/C=N\NC(=O)c2cc3cc(Br)ccc3o2)c(C)n1-c1cccc([N+](=O)[O-])c1. The maximum absolute atomic E-state index is 12.4. The molecule has 31 heavy (non-hydrogen) atoms. The van der Waals surface area contributed by atoms with Crippen LogP contribution in [0.25, 0.3) is 16.7 Å². The molecule has 0 aliphatic carbocycles. The van der Waals surface area contributed by atoms with Crippen molar-refractivity contribution in [3.63, 3.8) is 0 Å². The number of nitrogens with zero attached hydrogens (tertiary/aromatic N) is 3. The number of rotatable bonds is 5. The molecular formula is C22H17BrN4O4. The molecule has 4 aromatic rings. The van der Waals surface area contributed by atoms with Gasteiger partial charge in [-0.05, 0) is 50.2 Å². The Bertz CT molecular complexity index is 1350. The van der Waals surface area contributed by atoms with Crippen LogP contribution in [0.4, 0.5) is 5.69 Å². The van der Waals surface area contributed by atoms with Gasteiger partial charge in [0, 0.05) is 38.9 Å². The predicted octanol–water partition coefficient (Wildman–Crippen LogP) is 5.27. The summed E-state index contributed by atoms with van der Waals surface area (Å²) in [6.07, 6.45) is 1.54. The minimum atomic E-state index is -0.462. The fraction of sp³-hybridized carbons (Fsp3) is 0.0909. The van der Waals surface area contributed by atoms with E-state index in [1.807, 2.05) is 36.6 Å². The molecule has 0 radical (unpaired) electrons. The van der Waals surface area contributed by atoms with Crippen LogP contribution >= 0.6 is 15.9 Å². The second-order valence-corrected chi connectivity index (χ2v) is 7.85. The van der Waals surface area contributed by atoms with E-state index in [9.17, 15) is 14.9 Å². The Balaban J connectivity index is 1.54. The molecule has 156 valence electrons. The molecule has 2 aromatic carbocycles. The van der Waals surface area contributed by atoms with Gasteiger partial charge in [0.25, 0.3) is 5.69 Å². The molecule has 8 nitrogen and oxygen atoms in total. The molecule has 0 aliphatic heterocycles. The molecule has 0 atom stereocenters. The molecule has 1 amide bonds. The smallest absolute Gasteiger partial charge is 0.307 e. The molecular weight excluding hydrogens is 464 g/mol. The van der Waals surface area contributed by atoms with E-state index < -0.39 is 10.8 Å². The number of hydrogen-bond acceptors (Lipinski definition) is 5. The molecule has 1 N–H and O–H groups in total. The Kier molecular flexibility index (Phi) is 5.43. The first-order valence-corrected chi connectivity index (χ1v) is 10.1. The quantitative estimate of drug-likeness (QED) is 0.238. The third-order valence-corrected chi connectivity index (χ3v) is 5.33. The molecule has 0 saturated carbocycles. The summed E-state index contributed by atoms with van der Waals surface area (Å²) in [6, 6.07) is 15.4. The molecule has 4 rings (SSSR count). The van der Waals surface area contributed by atoms with E-state index in [0.29, 0.717) is 11.3 Å². The Labute approximate surface area is 185 Å². The van der Waals surface area contributed by atoms with E-state index in [4.69, 9.17) is 4.42 Å². The number of nitro benzene ring substituents is 1. The Hall–Kier alpha value is -3.72. The van der Waals surface area contributed by atoms with Gasteiger partial charge in [0.05, 0.1) is 16.8 Å². The highest BCUT2D eigenvalue weighted by molar-refractivity contribution is 9.10. The summed E-state index contributed by atoms with van der Waals surface area (Å²) in [5.74, 6) is -0.302. The van der Waals surface area contributed by atoms with Gasteiger partial charge in [0.2, 0.25) is 0 Å². The largest absolute Gasteiger partial charge is 0.451 e. The molecule has 0 unspecified atom stereocenters. The van der Waals surface area contributed by atoms with Crippen LogP contribution < -0.4 is 5.43 Å². The topological polar surface area (TPSA) is 103 Å². The van der Waals surface area contributed by atoms with Gasteiger partial charge < -0.3 is 8.98 Å². The summed E-state index contributed by atoms with van der Waals surface area (Å²) in [7, 11) is 0. The molecule has 0 fully saturated rings. The van der Waals surface area contributed by atoms with Crippen molar-refractivity contribution in [1.29, 1.82) is 0 Å². The lowest BCUT2D eigenvalue weighted by Crippen LogP contribution is -2.16. The number of hydrazone groups is 1. The second kappa shape index (κ2) is 8.19. The van der Waals surface area contributed by atoms with Crippen molar-refractivity contribution >= 4 is 44.7 Å². The highest BCUT2D eigenvalue weighted by Crippen LogP contribution is 2.24. The number of carbonyl (C=O) groups excluding carboxylic acids is 1. The predicted molar refractivity (Wildman–Crippen MR) is 121 cm³/mol. The molecule has 0 saturated heterocycles. The van der Waals surface area contributed by atoms with Crippen LogP contribution in [0.2, 0.25) is 0 Å². The Morgan fingerprint density at radius 2 is 2.00 bits per heavy atom. The van der Waals surface area contributed by atoms with E-state index in [1.165, 1.54) is 18.3 Å². The average molecular weight is 481 g/mol. The van der Waals surface area contributed by atoms with Crippen molar-refractivity contribution in [2.24, 2.45) is 5.10 Å². The lowest BCUT2D eigenvalue weighted by atomic mass is 10.2. The number of aromatic nitrogens is 1. The number of halogens is 1. The molecule has 0 spiro atoms. The summed E-state index contributed by atoms with van der Waals surface area (Å²) in [5, 5.41) is 15.9. The van der Waals surface area contributed by atoms with E-state index in [1.54, 1.807) is 24.3 Å². The summed E-state index contributed by atoms with van der Waals surface area (Å²) >= 11 is 3.39. The van der Waals surface area contributed by atoms with Gasteiger partial charge in [-0.25, -0.2) is 5.43 Å². The van der Waals surface area contributed by atoms with Crippen LogP contribution in [0.5, 0.6) is 0 Å². The van der Waals surface area contributed by atoms with Crippen molar-refractivity contribution in [3.05, 3.63) is 91.9 Å². The van der Waals surface area contributed by atoms with Crippen molar-refractivity contribution < 1.29 is 14.1 Å². The van der Waals surface area contributed by atoms with E-state index >= 15 is 0 Å². The van der Waals surface area contributed by atoms with Crippen LogP contribution in [0.1, 0.15) is 27.5 Å². The van der Waals surface area contributed by atoms with E-state index in [0.717, 1.165) is 26.8 Å². The number of amides is 1. The number of aryl methyl sites for hydroxylation is 1. The highest BCUT2D eigenvalue weighted by Gasteiger charge is 2.14. The van der Waals surface area contributed by atoms with E-state index in [2.05, 4.69) is 26.5 Å². The van der Waals surface area contributed by atoms with E-state index in [-0.39, 0.29) is 11.4 Å². The molecule has 0 aliphatic rings. The number of benzene rings is 2. The third-order valence-electron chi connectivity index (χ3n) is 4.84. The number of nitrogens with one attached hydrogen (secondary N) is 1. The fourth-order valence-corrected chi connectivity index (χ4v) is 3.78. The van der Waals surface area contributed by atoms with Crippen LogP contribution in [-0.2, 0) is 0 Å². The lowest BCUT2D eigenvalue weighted by Gasteiger charge is -2.09. The zero-order valence-corrected chi connectivity index (χ0v) is 18.2. The molecule has 0 bridgehead atoms. The summed E-state index contributed by atoms with van der Waals surface area (Å²) in [4.78, 5) is 23.0. The lowest BCUT2D eigenvalue weighted by molar-refractivity contribution is -0.384. The monoisotopic (exact) mass is 480 g/mol. The van der Waals surface area contributed by atoms with Gasteiger partial charge in [0.1, 0.15) is 5.58 Å². The molecule has 2 aromatic heterocycles. The van der Waals surface area contributed by atoms with Gasteiger partial charge in [0.15, 0.2) is 5.76 Å². The fourth-order valence-electron chi connectivity index (χ4n) is 3.40. The van der Waals surface area contributed by atoms with Crippen molar-refractivity contribution in [2.75, 3.05) is 0 Å². The summed E-state index contributed by atoms with van der Waals surface area (Å²) < 4.78 is 8.35. The summed E-state index contributed by atoms with van der Waals surface area (Å²) in [6.45, 7) is 3.78.